The molecule has 1 heterocycles. The molecule has 1 aromatic heterocycles. The predicted molar refractivity (Wildman–Crippen MR) is 94.2 cm³/mol. The highest BCUT2D eigenvalue weighted by molar-refractivity contribution is 5.92. The second-order valence-electron chi connectivity index (χ2n) is 5.58. The van der Waals surface area contributed by atoms with Crippen molar-refractivity contribution in [3.8, 4) is 17.1 Å². The van der Waals surface area contributed by atoms with E-state index in [0.29, 0.717) is 35.0 Å². The number of para-hydroxylation sites is 2. The van der Waals surface area contributed by atoms with Gasteiger partial charge in [-0.3, -0.25) is 4.79 Å². The summed E-state index contributed by atoms with van der Waals surface area (Å²) in [5, 5.41) is 14.7. The second-order valence-corrected chi connectivity index (χ2v) is 5.58. The topological polar surface area (TPSA) is 81.9 Å². The zero-order valence-electron chi connectivity index (χ0n) is 14.4. The first-order chi connectivity index (χ1) is 12.6. The molecule has 7 nitrogen and oxygen atoms in total. The minimum Gasteiger partial charge on any atom is -0.492 e. The molecule has 3 rings (SSSR count). The lowest BCUT2D eigenvalue weighted by atomic mass is 10.1. The first-order valence-electron chi connectivity index (χ1n) is 8.13. The van der Waals surface area contributed by atoms with E-state index in [1.54, 1.807) is 37.3 Å². The molecule has 1 N–H and O–H groups in total. The lowest BCUT2D eigenvalue weighted by Crippen LogP contribution is -2.20. The molecule has 3 aromatic rings. The van der Waals surface area contributed by atoms with Crippen molar-refractivity contribution in [3.63, 3.8) is 0 Å². The number of rotatable bonds is 6. The van der Waals surface area contributed by atoms with Gasteiger partial charge >= 0.3 is 0 Å². The summed E-state index contributed by atoms with van der Waals surface area (Å²) in [5.74, 6) is 0.317. The van der Waals surface area contributed by atoms with E-state index in [9.17, 15) is 9.18 Å². The summed E-state index contributed by atoms with van der Waals surface area (Å²) in [6.07, 6.45) is 0. The van der Waals surface area contributed by atoms with Crippen molar-refractivity contribution in [2.45, 2.75) is 20.4 Å². The molecule has 0 bridgehead atoms. The Kier molecular flexibility index (Phi) is 5.21. The fourth-order valence-electron chi connectivity index (χ4n) is 2.38. The molecule has 0 aliphatic heterocycles. The molecule has 0 saturated carbocycles. The van der Waals surface area contributed by atoms with Crippen LogP contribution in [0.2, 0.25) is 0 Å². The summed E-state index contributed by atoms with van der Waals surface area (Å²) in [6, 6.07) is 11.7. The van der Waals surface area contributed by atoms with Gasteiger partial charge in [-0.2, -0.15) is 4.80 Å². The zero-order chi connectivity index (χ0) is 18.5. The van der Waals surface area contributed by atoms with Gasteiger partial charge in [0, 0.05) is 5.56 Å². The number of nitrogens with one attached hydrogen (secondary N) is 1. The molecule has 0 spiro atoms. The molecule has 26 heavy (non-hydrogen) atoms. The number of aryl methyl sites for hydroxylation is 1. The SMILES string of the molecule is CCOc1ccccc1NC(=O)Cn1nnc(-c2ccc(F)c(C)c2)n1. The van der Waals surface area contributed by atoms with Gasteiger partial charge in [-0.25, -0.2) is 4.39 Å². The number of tetrazole rings is 1. The summed E-state index contributed by atoms with van der Waals surface area (Å²) in [6.45, 7) is 3.93. The first-order valence-corrected chi connectivity index (χ1v) is 8.13. The van der Waals surface area contributed by atoms with E-state index in [1.165, 1.54) is 10.9 Å². The van der Waals surface area contributed by atoms with E-state index in [-0.39, 0.29) is 18.3 Å². The van der Waals surface area contributed by atoms with Crippen LogP contribution in [0.1, 0.15) is 12.5 Å². The monoisotopic (exact) mass is 355 g/mol. The van der Waals surface area contributed by atoms with Crippen LogP contribution in [0.5, 0.6) is 5.75 Å². The molecule has 134 valence electrons. The molecule has 0 radical (unpaired) electrons. The van der Waals surface area contributed by atoms with E-state index in [2.05, 4.69) is 20.7 Å². The smallest absolute Gasteiger partial charge is 0.248 e. The number of carbonyl (C=O) groups is 1. The van der Waals surface area contributed by atoms with E-state index in [4.69, 9.17) is 4.74 Å². The average molecular weight is 355 g/mol. The van der Waals surface area contributed by atoms with Gasteiger partial charge in [-0.15, -0.1) is 10.2 Å². The minimum atomic E-state index is -0.309. The third kappa shape index (κ3) is 4.02. The maximum absolute atomic E-state index is 13.4. The summed E-state index contributed by atoms with van der Waals surface area (Å²) in [4.78, 5) is 13.4. The number of amides is 1. The summed E-state index contributed by atoms with van der Waals surface area (Å²) < 4.78 is 18.8. The quantitative estimate of drug-likeness (QED) is 0.735. The van der Waals surface area contributed by atoms with Gasteiger partial charge in [0.15, 0.2) is 0 Å². The van der Waals surface area contributed by atoms with Gasteiger partial charge in [0.2, 0.25) is 11.7 Å². The molecule has 0 fully saturated rings. The zero-order valence-corrected chi connectivity index (χ0v) is 14.4. The Morgan fingerprint density at radius 1 is 1.27 bits per heavy atom. The fraction of sp³-hybridized carbons (Fsp3) is 0.222. The van der Waals surface area contributed by atoms with Gasteiger partial charge < -0.3 is 10.1 Å². The Hall–Kier alpha value is -3.29. The number of nitrogens with zero attached hydrogens (tertiary/aromatic N) is 4. The molecule has 0 saturated heterocycles. The Bertz CT molecular complexity index is 925. The van der Waals surface area contributed by atoms with E-state index >= 15 is 0 Å². The average Bonchev–Trinajstić information content (AvgIpc) is 3.07. The Morgan fingerprint density at radius 3 is 2.85 bits per heavy atom. The highest BCUT2D eigenvalue weighted by atomic mass is 19.1. The summed E-state index contributed by atoms with van der Waals surface area (Å²) >= 11 is 0. The molecule has 0 aliphatic carbocycles. The van der Waals surface area contributed by atoms with Crippen LogP contribution >= 0.6 is 0 Å². The second kappa shape index (κ2) is 7.73. The van der Waals surface area contributed by atoms with Crippen LogP contribution in [0.3, 0.4) is 0 Å². The van der Waals surface area contributed by atoms with Crippen LogP contribution in [0, 0.1) is 12.7 Å². The van der Waals surface area contributed by atoms with Crippen LogP contribution in [-0.4, -0.2) is 32.7 Å². The van der Waals surface area contributed by atoms with Gasteiger partial charge in [0.1, 0.15) is 18.1 Å². The molecule has 0 aliphatic rings. The van der Waals surface area contributed by atoms with E-state index in [1.807, 2.05) is 13.0 Å². The number of aromatic nitrogens is 4. The van der Waals surface area contributed by atoms with Gasteiger partial charge in [-0.05, 0) is 55.0 Å². The molecule has 2 aromatic carbocycles. The van der Waals surface area contributed by atoms with Crippen LogP contribution in [0.15, 0.2) is 42.5 Å². The van der Waals surface area contributed by atoms with E-state index in [0.717, 1.165) is 0 Å². The van der Waals surface area contributed by atoms with Gasteiger partial charge in [-0.1, -0.05) is 12.1 Å². The lowest BCUT2D eigenvalue weighted by molar-refractivity contribution is -0.117. The van der Waals surface area contributed by atoms with Crippen molar-refractivity contribution >= 4 is 11.6 Å². The number of carbonyl (C=O) groups excluding carboxylic acids is 1. The van der Waals surface area contributed by atoms with Crippen molar-refractivity contribution in [2.24, 2.45) is 0 Å². The highest BCUT2D eigenvalue weighted by Gasteiger charge is 2.12. The number of ether oxygens (including phenoxy) is 1. The van der Waals surface area contributed by atoms with Crippen LogP contribution < -0.4 is 10.1 Å². The van der Waals surface area contributed by atoms with Crippen molar-refractivity contribution in [1.82, 2.24) is 20.2 Å². The lowest BCUT2D eigenvalue weighted by Gasteiger charge is -2.10. The maximum Gasteiger partial charge on any atom is 0.248 e. The number of hydrogen-bond donors (Lipinski definition) is 1. The molecule has 8 heteroatoms. The fourth-order valence-corrected chi connectivity index (χ4v) is 2.38. The van der Waals surface area contributed by atoms with Crippen LogP contribution in [-0.2, 0) is 11.3 Å². The largest absolute Gasteiger partial charge is 0.492 e. The van der Waals surface area contributed by atoms with Gasteiger partial charge in [0.25, 0.3) is 0 Å². The Balaban J connectivity index is 1.69. The highest BCUT2D eigenvalue weighted by Crippen LogP contribution is 2.23. The Morgan fingerprint density at radius 2 is 2.08 bits per heavy atom. The number of benzene rings is 2. The van der Waals surface area contributed by atoms with Crippen molar-refractivity contribution < 1.29 is 13.9 Å². The molecule has 1 amide bonds. The summed E-state index contributed by atoms with van der Waals surface area (Å²) in [5.41, 5.74) is 1.70. The van der Waals surface area contributed by atoms with Crippen LogP contribution in [0.4, 0.5) is 10.1 Å². The Labute approximate surface area is 149 Å². The third-order valence-corrected chi connectivity index (χ3v) is 3.62. The van der Waals surface area contributed by atoms with E-state index < -0.39 is 0 Å². The predicted octanol–water partition coefficient (Wildman–Crippen LogP) is 2.83. The standard InChI is InChI=1S/C18H18FN5O2/c1-3-26-16-7-5-4-6-15(16)20-17(25)11-24-22-18(21-23-24)13-8-9-14(19)12(2)10-13/h4-10H,3,11H2,1-2H3,(H,20,25). The molecular weight excluding hydrogens is 337 g/mol. The molecule has 0 atom stereocenters. The summed E-state index contributed by atoms with van der Waals surface area (Å²) in [7, 11) is 0. The van der Waals surface area contributed by atoms with Crippen molar-refractivity contribution in [2.75, 3.05) is 11.9 Å². The minimum absolute atomic E-state index is 0.104. The third-order valence-electron chi connectivity index (χ3n) is 3.62. The van der Waals surface area contributed by atoms with Crippen molar-refractivity contribution in [3.05, 3.63) is 53.8 Å². The van der Waals surface area contributed by atoms with Crippen molar-refractivity contribution in [1.29, 1.82) is 0 Å². The normalized spacial score (nSPS) is 10.6. The maximum atomic E-state index is 13.4. The number of hydrogen-bond acceptors (Lipinski definition) is 5. The van der Waals surface area contributed by atoms with Crippen LogP contribution in [0.25, 0.3) is 11.4 Å². The van der Waals surface area contributed by atoms with Gasteiger partial charge in [0.05, 0.1) is 12.3 Å². The molecule has 0 unspecified atom stereocenters. The first kappa shape index (κ1) is 17.5. The molecular formula is C18H18FN5O2. The number of halogens is 1. The number of anilines is 1.